The maximum absolute atomic E-state index is 11.4. The van der Waals surface area contributed by atoms with Gasteiger partial charge in [-0.05, 0) is 6.08 Å². The van der Waals surface area contributed by atoms with E-state index in [9.17, 15) is 18.0 Å². The van der Waals surface area contributed by atoms with Crippen molar-refractivity contribution in [2.45, 2.75) is 19.5 Å². The van der Waals surface area contributed by atoms with Crippen molar-refractivity contribution in [3.05, 3.63) is 12.2 Å². The van der Waals surface area contributed by atoms with E-state index < -0.39 is 12.1 Å². The average Bonchev–Trinajstić information content (AvgIpc) is 1.96. The predicted molar refractivity (Wildman–Crippen MR) is 36.4 cm³/mol. The Hall–Kier alpha value is -1.00. The molecule has 2 nitrogen and oxygen atoms in total. The van der Waals surface area contributed by atoms with Gasteiger partial charge in [-0.1, -0.05) is 6.92 Å². The summed E-state index contributed by atoms with van der Waals surface area (Å²) in [7, 11) is 0. The molecule has 0 aromatic rings. The second kappa shape index (κ2) is 4.79. The number of ether oxygens (including phenoxy) is 1. The van der Waals surface area contributed by atoms with Crippen LogP contribution in [0.25, 0.3) is 0 Å². The van der Waals surface area contributed by atoms with Crippen LogP contribution in [0, 0.1) is 0 Å². The monoisotopic (exact) mass is 182 g/mol. The second-order valence-electron chi connectivity index (χ2n) is 1.98. The van der Waals surface area contributed by atoms with Crippen molar-refractivity contribution < 1.29 is 22.7 Å². The third-order valence-corrected chi connectivity index (χ3v) is 0.936. The van der Waals surface area contributed by atoms with Crippen LogP contribution in [0.15, 0.2) is 12.2 Å². The van der Waals surface area contributed by atoms with Crippen molar-refractivity contribution in [2.24, 2.45) is 0 Å². The van der Waals surface area contributed by atoms with Gasteiger partial charge in [-0.25, -0.2) is 0 Å². The third-order valence-electron chi connectivity index (χ3n) is 0.936. The molecule has 5 heteroatoms. The molecule has 0 fully saturated rings. The van der Waals surface area contributed by atoms with Gasteiger partial charge in [0.15, 0.2) is 0 Å². The van der Waals surface area contributed by atoms with Crippen molar-refractivity contribution >= 4 is 5.97 Å². The molecule has 0 spiro atoms. The van der Waals surface area contributed by atoms with Gasteiger partial charge < -0.3 is 4.74 Å². The Labute approximate surface area is 68.0 Å². The molecule has 0 unspecified atom stereocenters. The standard InChI is InChI=1S/C7H9F3O2/c1-2-6(11)12-5-3-4-7(8,9)10/h3-4H,2,5H2,1H3/b4-3+. The first kappa shape index (κ1) is 11.0. The SMILES string of the molecule is CCC(=O)OC/C=C/C(F)(F)F. The molecule has 0 saturated heterocycles. The summed E-state index contributed by atoms with van der Waals surface area (Å²) in [5, 5.41) is 0. The first-order valence-corrected chi connectivity index (χ1v) is 3.35. The van der Waals surface area contributed by atoms with Crippen LogP contribution in [0.4, 0.5) is 13.2 Å². The number of rotatable bonds is 3. The van der Waals surface area contributed by atoms with E-state index in [0.717, 1.165) is 6.08 Å². The molecule has 0 bridgehead atoms. The van der Waals surface area contributed by atoms with Crippen LogP contribution in [-0.2, 0) is 9.53 Å². The zero-order chi connectivity index (χ0) is 9.61. The van der Waals surface area contributed by atoms with Gasteiger partial charge in [-0.15, -0.1) is 0 Å². The quantitative estimate of drug-likeness (QED) is 0.493. The minimum Gasteiger partial charge on any atom is -0.461 e. The van der Waals surface area contributed by atoms with Gasteiger partial charge in [0, 0.05) is 12.5 Å². The van der Waals surface area contributed by atoms with Crippen molar-refractivity contribution in [1.82, 2.24) is 0 Å². The molecule has 70 valence electrons. The lowest BCUT2D eigenvalue weighted by molar-refractivity contribution is -0.142. The molecule has 0 aromatic heterocycles. The highest BCUT2D eigenvalue weighted by Gasteiger charge is 2.21. The summed E-state index contributed by atoms with van der Waals surface area (Å²) in [5.41, 5.74) is 0. The summed E-state index contributed by atoms with van der Waals surface area (Å²) in [4.78, 5) is 10.4. The van der Waals surface area contributed by atoms with Crippen LogP contribution in [0.2, 0.25) is 0 Å². The topological polar surface area (TPSA) is 26.3 Å². The average molecular weight is 182 g/mol. The summed E-state index contributed by atoms with van der Waals surface area (Å²) < 4.78 is 38.7. The van der Waals surface area contributed by atoms with Gasteiger partial charge in [0.25, 0.3) is 0 Å². The number of halogens is 3. The lowest BCUT2D eigenvalue weighted by atomic mass is 10.5. The number of hydrogen-bond acceptors (Lipinski definition) is 2. The van der Waals surface area contributed by atoms with E-state index in [4.69, 9.17) is 0 Å². The lowest BCUT2D eigenvalue weighted by Gasteiger charge is -1.99. The van der Waals surface area contributed by atoms with E-state index in [2.05, 4.69) is 4.74 Å². The summed E-state index contributed by atoms with van der Waals surface area (Å²) in [6.45, 7) is 1.24. The van der Waals surface area contributed by atoms with Crippen molar-refractivity contribution in [2.75, 3.05) is 6.61 Å². The Morgan fingerprint density at radius 3 is 2.50 bits per heavy atom. The van der Waals surface area contributed by atoms with E-state index in [1.807, 2.05) is 0 Å². The summed E-state index contributed by atoms with van der Waals surface area (Å²) in [6, 6.07) is 0. The fourth-order valence-electron chi connectivity index (χ4n) is 0.425. The Morgan fingerprint density at radius 2 is 2.08 bits per heavy atom. The number of esters is 1. The molecule has 0 saturated carbocycles. The number of hydrogen-bond donors (Lipinski definition) is 0. The van der Waals surface area contributed by atoms with E-state index >= 15 is 0 Å². The van der Waals surface area contributed by atoms with E-state index in [1.165, 1.54) is 0 Å². The Morgan fingerprint density at radius 1 is 1.50 bits per heavy atom. The van der Waals surface area contributed by atoms with Gasteiger partial charge in [0.05, 0.1) is 0 Å². The molecule has 0 heterocycles. The highest BCUT2D eigenvalue weighted by molar-refractivity contribution is 5.68. The van der Waals surface area contributed by atoms with Crippen molar-refractivity contribution in [3.8, 4) is 0 Å². The molecule has 0 atom stereocenters. The summed E-state index contributed by atoms with van der Waals surface area (Å²) in [6.07, 6.45) is -3.37. The third kappa shape index (κ3) is 7.11. The molecule has 0 aromatic carbocycles. The molecule has 0 aliphatic rings. The minimum absolute atomic E-state index is 0.0376. The first-order chi connectivity index (χ1) is 5.45. The van der Waals surface area contributed by atoms with E-state index in [-0.39, 0.29) is 19.1 Å². The van der Waals surface area contributed by atoms with Crippen LogP contribution in [-0.4, -0.2) is 18.8 Å². The zero-order valence-corrected chi connectivity index (χ0v) is 6.52. The highest BCUT2D eigenvalue weighted by Crippen LogP contribution is 2.15. The number of allylic oxidation sites excluding steroid dienone is 1. The van der Waals surface area contributed by atoms with Gasteiger partial charge in [0.1, 0.15) is 6.61 Å². The van der Waals surface area contributed by atoms with Crippen LogP contribution >= 0.6 is 0 Å². The normalized spacial score (nSPS) is 12.0. The molecule has 0 aliphatic carbocycles. The second-order valence-corrected chi connectivity index (χ2v) is 1.98. The molecule has 0 aliphatic heterocycles. The van der Waals surface area contributed by atoms with Crippen LogP contribution < -0.4 is 0 Å². The van der Waals surface area contributed by atoms with Crippen molar-refractivity contribution in [3.63, 3.8) is 0 Å². The molecule has 0 N–H and O–H groups in total. The fraction of sp³-hybridized carbons (Fsp3) is 0.571. The largest absolute Gasteiger partial charge is 0.461 e. The fourth-order valence-corrected chi connectivity index (χ4v) is 0.425. The Bertz CT molecular complexity index is 172. The number of alkyl halides is 3. The van der Waals surface area contributed by atoms with Crippen LogP contribution in [0.1, 0.15) is 13.3 Å². The minimum atomic E-state index is -4.33. The smallest absolute Gasteiger partial charge is 0.409 e. The Kier molecular flexibility index (Phi) is 4.39. The summed E-state index contributed by atoms with van der Waals surface area (Å²) >= 11 is 0. The predicted octanol–water partition coefficient (Wildman–Crippen LogP) is 2.06. The number of carbonyl (C=O) groups is 1. The molecular formula is C7H9F3O2. The first-order valence-electron chi connectivity index (χ1n) is 3.35. The molecule has 0 amide bonds. The van der Waals surface area contributed by atoms with Crippen LogP contribution in [0.5, 0.6) is 0 Å². The van der Waals surface area contributed by atoms with E-state index in [1.54, 1.807) is 6.92 Å². The van der Waals surface area contributed by atoms with Gasteiger partial charge >= 0.3 is 12.1 Å². The number of carbonyl (C=O) groups excluding carboxylic acids is 1. The summed E-state index contributed by atoms with van der Waals surface area (Å²) in [5.74, 6) is -0.512. The maximum Gasteiger partial charge on any atom is 0.409 e. The highest BCUT2D eigenvalue weighted by atomic mass is 19.4. The van der Waals surface area contributed by atoms with Crippen LogP contribution in [0.3, 0.4) is 0 Å². The van der Waals surface area contributed by atoms with Crippen molar-refractivity contribution in [1.29, 1.82) is 0 Å². The maximum atomic E-state index is 11.4. The van der Waals surface area contributed by atoms with Gasteiger partial charge in [-0.3, -0.25) is 4.79 Å². The lowest BCUT2D eigenvalue weighted by Crippen LogP contribution is -2.05. The Balaban J connectivity index is 3.56. The molecule has 0 rings (SSSR count). The van der Waals surface area contributed by atoms with E-state index in [0.29, 0.717) is 0 Å². The van der Waals surface area contributed by atoms with Gasteiger partial charge in [-0.2, -0.15) is 13.2 Å². The molecular weight excluding hydrogens is 173 g/mol. The zero-order valence-electron chi connectivity index (χ0n) is 6.52. The molecule has 12 heavy (non-hydrogen) atoms. The molecule has 0 radical (unpaired) electrons. The van der Waals surface area contributed by atoms with Gasteiger partial charge in [0.2, 0.25) is 0 Å².